The monoisotopic (exact) mass is 246 g/mol. The Morgan fingerprint density at radius 1 is 1.17 bits per heavy atom. The van der Waals surface area contributed by atoms with Gasteiger partial charge in [-0.15, -0.1) is 0 Å². The fourth-order valence-electron chi connectivity index (χ4n) is 3.20. The maximum atomic E-state index is 5.86. The highest BCUT2D eigenvalue weighted by Gasteiger charge is 2.21. The molecule has 1 aromatic carbocycles. The second-order valence-electron chi connectivity index (χ2n) is 5.86. The summed E-state index contributed by atoms with van der Waals surface area (Å²) in [6, 6.07) is 7.50. The molecule has 0 saturated heterocycles. The summed E-state index contributed by atoms with van der Waals surface area (Å²) in [5, 5.41) is 0. The Labute approximate surface area is 111 Å². The maximum absolute atomic E-state index is 5.86. The minimum absolute atomic E-state index is 0.433. The van der Waals surface area contributed by atoms with E-state index in [1.165, 1.54) is 31.2 Å². The SMILES string of the molecule is CC(CN)C(c1ccc2c(c1)CCCC2)N(C)C. The lowest BCUT2D eigenvalue weighted by atomic mass is 9.86. The molecule has 0 aromatic heterocycles. The number of rotatable bonds is 4. The van der Waals surface area contributed by atoms with E-state index in [2.05, 4.69) is 44.1 Å². The lowest BCUT2D eigenvalue weighted by Gasteiger charge is -2.31. The van der Waals surface area contributed by atoms with Crippen molar-refractivity contribution in [2.75, 3.05) is 20.6 Å². The topological polar surface area (TPSA) is 29.3 Å². The van der Waals surface area contributed by atoms with Crippen molar-refractivity contribution in [3.05, 3.63) is 34.9 Å². The normalized spacial score (nSPS) is 18.5. The van der Waals surface area contributed by atoms with Gasteiger partial charge in [-0.3, -0.25) is 0 Å². The van der Waals surface area contributed by atoms with Crippen LogP contribution in [0.3, 0.4) is 0 Å². The number of hydrogen-bond donors (Lipinski definition) is 1. The van der Waals surface area contributed by atoms with Gasteiger partial charge in [-0.1, -0.05) is 25.1 Å². The molecule has 0 bridgehead atoms. The minimum Gasteiger partial charge on any atom is -0.330 e. The second kappa shape index (κ2) is 5.85. The Bertz CT molecular complexity index is 398. The maximum Gasteiger partial charge on any atom is 0.0379 e. The van der Waals surface area contributed by atoms with Crippen molar-refractivity contribution in [1.82, 2.24) is 4.90 Å². The van der Waals surface area contributed by atoms with Gasteiger partial charge in [0.1, 0.15) is 0 Å². The first kappa shape index (κ1) is 13.6. The Balaban J connectivity index is 2.30. The number of nitrogens with zero attached hydrogens (tertiary/aromatic N) is 1. The van der Waals surface area contributed by atoms with Gasteiger partial charge < -0.3 is 10.6 Å². The number of nitrogens with two attached hydrogens (primary N) is 1. The summed E-state index contributed by atoms with van der Waals surface area (Å²) >= 11 is 0. The molecule has 2 heteroatoms. The number of aryl methyl sites for hydroxylation is 2. The molecule has 0 aliphatic heterocycles. The highest BCUT2D eigenvalue weighted by molar-refractivity contribution is 5.35. The molecule has 0 saturated carbocycles. The standard InChI is InChI=1S/C16H26N2/c1-12(11-17)16(18(2)3)15-9-8-13-6-4-5-7-14(13)10-15/h8-10,12,16H,4-7,11,17H2,1-3H3. The highest BCUT2D eigenvalue weighted by atomic mass is 15.1. The van der Waals surface area contributed by atoms with Gasteiger partial charge in [-0.2, -0.15) is 0 Å². The summed E-state index contributed by atoms with van der Waals surface area (Å²) in [7, 11) is 4.30. The molecule has 2 rings (SSSR count). The fourth-order valence-corrected chi connectivity index (χ4v) is 3.20. The molecule has 0 radical (unpaired) electrons. The predicted octanol–water partition coefficient (Wildman–Crippen LogP) is 2.76. The van der Waals surface area contributed by atoms with Crippen LogP contribution in [0.1, 0.15) is 42.5 Å². The summed E-state index contributed by atoms with van der Waals surface area (Å²) in [6.45, 7) is 2.98. The van der Waals surface area contributed by atoms with Gasteiger partial charge in [0, 0.05) is 6.04 Å². The Morgan fingerprint density at radius 3 is 2.44 bits per heavy atom. The van der Waals surface area contributed by atoms with Gasteiger partial charge in [0.25, 0.3) is 0 Å². The average molecular weight is 246 g/mol. The molecule has 2 nitrogen and oxygen atoms in total. The molecule has 0 heterocycles. The van der Waals surface area contributed by atoms with Crippen molar-refractivity contribution in [3.63, 3.8) is 0 Å². The van der Waals surface area contributed by atoms with E-state index >= 15 is 0 Å². The largest absolute Gasteiger partial charge is 0.330 e. The van der Waals surface area contributed by atoms with Crippen molar-refractivity contribution < 1.29 is 0 Å². The van der Waals surface area contributed by atoms with Gasteiger partial charge in [0.15, 0.2) is 0 Å². The van der Waals surface area contributed by atoms with E-state index in [1.807, 2.05) is 0 Å². The van der Waals surface area contributed by atoms with Crippen LogP contribution in [0.5, 0.6) is 0 Å². The summed E-state index contributed by atoms with van der Waals surface area (Å²) < 4.78 is 0. The third-order valence-electron chi connectivity index (χ3n) is 4.18. The molecule has 1 aliphatic carbocycles. The zero-order valence-corrected chi connectivity index (χ0v) is 11.9. The van der Waals surface area contributed by atoms with E-state index in [4.69, 9.17) is 5.73 Å². The smallest absolute Gasteiger partial charge is 0.0379 e. The third kappa shape index (κ3) is 2.76. The Hall–Kier alpha value is -0.860. The number of hydrogen-bond acceptors (Lipinski definition) is 2. The molecule has 2 unspecified atom stereocenters. The van der Waals surface area contributed by atoms with E-state index in [0.29, 0.717) is 12.0 Å². The first-order valence-electron chi connectivity index (χ1n) is 7.11. The lowest BCUT2D eigenvalue weighted by Crippen LogP contribution is -2.30. The van der Waals surface area contributed by atoms with Gasteiger partial charge in [0.2, 0.25) is 0 Å². The second-order valence-corrected chi connectivity index (χ2v) is 5.86. The first-order chi connectivity index (χ1) is 8.63. The van der Waals surface area contributed by atoms with Gasteiger partial charge in [-0.25, -0.2) is 0 Å². The zero-order valence-electron chi connectivity index (χ0n) is 11.9. The summed E-state index contributed by atoms with van der Waals surface area (Å²) in [5.41, 5.74) is 10.4. The molecule has 2 N–H and O–H groups in total. The Kier molecular flexibility index (Phi) is 4.41. The van der Waals surface area contributed by atoms with Crippen molar-refractivity contribution >= 4 is 0 Å². The van der Waals surface area contributed by atoms with Crippen LogP contribution < -0.4 is 5.73 Å². The fraction of sp³-hybridized carbons (Fsp3) is 0.625. The van der Waals surface area contributed by atoms with Crippen LogP contribution in [-0.2, 0) is 12.8 Å². The molecular formula is C16H26N2. The summed E-state index contributed by atoms with van der Waals surface area (Å²) in [5.74, 6) is 0.488. The molecule has 2 atom stereocenters. The van der Waals surface area contributed by atoms with Crippen LogP contribution in [0.25, 0.3) is 0 Å². The lowest BCUT2D eigenvalue weighted by molar-refractivity contribution is 0.227. The molecular weight excluding hydrogens is 220 g/mol. The summed E-state index contributed by atoms with van der Waals surface area (Å²) in [4.78, 5) is 2.29. The van der Waals surface area contributed by atoms with Crippen LogP contribution in [0, 0.1) is 5.92 Å². The minimum atomic E-state index is 0.433. The van der Waals surface area contributed by atoms with Crippen LogP contribution >= 0.6 is 0 Å². The van der Waals surface area contributed by atoms with E-state index in [-0.39, 0.29) is 0 Å². The van der Waals surface area contributed by atoms with E-state index in [0.717, 1.165) is 6.54 Å². The van der Waals surface area contributed by atoms with Crippen molar-refractivity contribution in [3.8, 4) is 0 Å². The number of benzene rings is 1. The van der Waals surface area contributed by atoms with Gasteiger partial charge >= 0.3 is 0 Å². The van der Waals surface area contributed by atoms with E-state index in [9.17, 15) is 0 Å². The summed E-state index contributed by atoms with van der Waals surface area (Å²) in [6.07, 6.45) is 5.20. The molecule has 0 spiro atoms. The zero-order chi connectivity index (χ0) is 13.1. The van der Waals surface area contributed by atoms with Crippen LogP contribution in [0.2, 0.25) is 0 Å². The van der Waals surface area contributed by atoms with Crippen LogP contribution in [-0.4, -0.2) is 25.5 Å². The predicted molar refractivity (Wildman–Crippen MR) is 77.7 cm³/mol. The van der Waals surface area contributed by atoms with Crippen LogP contribution in [0.4, 0.5) is 0 Å². The number of fused-ring (bicyclic) bond motifs is 1. The molecule has 18 heavy (non-hydrogen) atoms. The molecule has 1 aliphatic rings. The van der Waals surface area contributed by atoms with Crippen molar-refractivity contribution in [2.24, 2.45) is 11.7 Å². The highest BCUT2D eigenvalue weighted by Crippen LogP contribution is 2.30. The van der Waals surface area contributed by atoms with Gasteiger partial charge in [0.05, 0.1) is 0 Å². The molecule has 100 valence electrons. The first-order valence-corrected chi connectivity index (χ1v) is 7.11. The molecule has 1 aromatic rings. The van der Waals surface area contributed by atoms with E-state index < -0.39 is 0 Å². The van der Waals surface area contributed by atoms with Crippen LogP contribution in [0.15, 0.2) is 18.2 Å². The molecule has 0 fully saturated rings. The van der Waals surface area contributed by atoms with Crippen molar-refractivity contribution in [2.45, 2.75) is 38.6 Å². The Morgan fingerprint density at radius 2 is 1.83 bits per heavy atom. The van der Waals surface area contributed by atoms with Crippen molar-refractivity contribution in [1.29, 1.82) is 0 Å². The van der Waals surface area contributed by atoms with Gasteiger partial charge in [-0.05, 0) is 68.9 Å². The quantitative estimate of drug-likeness (QED) is 0.885. The van der Waals surface area contributed by atoms with E-state index in [1.54, 1.807) is 11.1 Å². The third-order valence-corrected chi connectivity index (χ3v) is 4.18. The average Bonchev–Trinajstić information content (AvgIpc) is 2.38. The molecule has 0 amide bonds.